The third kappa shape index (κ3) is 5.84. The molecule has 1 aliphatic heterocycles. The Morgan fingerprint density at radius 3 is 1.91 bits per heavy atom. The molecule has 1 heterocycles. The summed E-state index contributed by atoms with van der Waals surface area (Å²) in [7, 11) is 0. The molecule has 270 valence electrons. The van der Waals surface area contributed by atoms with Crippen molar-refractivity contribution in [2.45, 2.75) is 32.4 Å². The van der Waals surface area contributed by atoms with Crippen molar-refractivity contribution in [1.82, 2.24) is 0 Å². The van der Waals surface area contributed by atoms with E-state index in [1.165, 1.54) is 55.8 Å². The van der Waals surface area contributed by atoms with Crippen molar-refractivity contribution in [3.8, 4) is 44.9 Å². The molecule has 8 aromatic rings. The Morgan fingerprint density at radius 1 is 0.482 bits per heavy atom. The van der Waals surface area contributed by atoms with E-state index < -0.39 is 0 Å². The van der Waals surface area contributed by atoms with Gasteiger partial charge >= 0.3 is 0 Å². The van der Waals surface area contributed by atoms with Crippen LogP contribution in [0.2, 0.25) is 0 Å². The maximum atomic E-state index is 6.48. The van der Waals surface area contributed by atoms with Gasteiger partial charge in [-0.3, -0.25) is 0 Å². The Bertz CT molecular complexity index is 2700. The summed E-state index contributed by atoms with van der Waals surface area (Å²) in [6.07, 6.45) is 0. The van der Waals surface area contributed by atoms with Crippen molar-refractivity contribution in [1.29, 1.82) is 0 Å². The van der Waals surface area contributed by atoms with Crippen molar-refractivity contribution < 1.29 is 4.74 Å². The molecule has 3 heteroatoms. The first kappa shape index (κ1) is 33.7. The molecule has 0 amide bonds. The van der Waals surface area contributed by atoms with Gasteiger partial charge in [0.1, 0.15) is 11.5 Å². The molecule has 0 bridgehead atoms. The van der Waals surface area contributed by atoms with Gasteiger partial charge in [-0.15, -0.1) is 0 Å². The number of benzene rings is 8. The van der Waals surface area contributed by atoms with Gasteiger partial charge in [0, 0.05) is 47.2 Å². The van der Waals surface area contributed by atoms with Gasteiger partial charge in [0.2, 0.25) is 0 Å². The van der Waals surface area contributed by atoms with E-state index in [1.807, 2.05) is 36.4 Å². The summed E-state index contributed by atoms with van der Waals surface area (Å²) < 4.78 is 6.48. The lowest BCUT2D eigenvalue weighted by Gasteiger charge is -2.31. The molecule has 0 saturated heterocycles. The predicted octanol–water partition coefficient (Wildman–Crippen LogP) is 14.1. The summed E-state index contributed by atoms with van der Waals surface area (Å²) >= 11 is 0. The van der Waals surface area contributed by atoms with Crippen LogP contribution in [0, 0.1) is 0 Å². The average molecular weight is 723 g/mol. The van der Waals surface area contributed by atoms with Crippen LogP contribution in [0.15, 0.2) is 194 Å². The largest absolute Gasteiger partial charge is 0.457 e. The molecule has 0 saturated carbocycles. The van der Waals surface area contributed by atoms with Crippen LogP contribution < -0.4 is 14.5 Å². The van der Waals surface area contributed by atoms with Gasteiger partial charge in [0.25, 0.3) is 0 Å². The Morgan fingerprint density at radius 2 is 1.11 bits per heavy atom. The molecule has 0 unspecified atom stereocenters. The second-order valence-electron chi connectivity index (χ2n) is 15.4. The second kappa shape index (κ2) is 13.8. The molecule has 1 aliphatic carbocycles. The standard InChI is InChI=1S/C53H42N2O/c1-53(2)48-30-13-12-28-46(48)51-49(53)31-32-50(52(51)45-29-15-20-39-35-54(36-47(39)45)40-21-8-4-9-22-40)55(41-23-14-19-38(33-41)37-17-6-3-7-18-37)42-24-16-27-44(34-42)56-43-25-10-5-11-26-43/h3-34H,35-36H2,1-2H3. The summed E-state index contributed by atoms with van der Waals surface area (Å²) in [6.45, 7) is 6.47. The van der Waals surface area contributed by atoms with Gasteiger partial charge in [0.05, 0.1) is 5.69 Å². The fraction of sp³-hybridized carbons (Fsp3) is 0.0943. The van der Waals surface area contributed by atoms with Crippen molar-refractivity contribution in [3.05, 3.63) is 216 Å². The lowest BCUT2D eigenvalue weighted by molar-refractivity contribution is 0.483. The zero-order valence-corrected chi connectivity index (χ0v) is 31.7. The van der Waals surface area contributed by atoms with Crippen LogP contribution in [-0.4, -0.2) is 0 Å². The minimum Gasteiger partial charge on any atom is -0.457 e. The van der Waals surface area contributed by atoms with E-state index in [2.05, 4.69) is 181 Å². The van der Waals surface area contributed by atoms with Gasteiger partial charge < -0.3 is 14.5 Å². The number of hydrogen-bond acceptors (Lipinski definition) is 3. The van der Waals surface area contributed by atoms with E-state index in [0.717, 1.165) is 47.2 Å². The van der Waals surface area contributed by atoms with Crippen LogP contribution in [0.5, 0.6) is 11.5 Å². The summed E-state index contributed by atoms with van der Waals surface area (Å²) in [5.41, 5.74) is 17.3. The van der Waals surface area contributed by atoms with E-state index in [4.69, 9.17) is 4.74 Å². The quantitative estimate of drug-likeness (QED) is 0.155. The highest BCUT2D eigenvalue weighted by molar-refractivity contribution is 6.02. The molecule has 56 heavy (non-hydrogen) atoms. The average Bonchev–Trinajstić information content (AvgIpc) is 3.79. The molecule has 3 nitrogen and oxygen atoms in total. The maximum absolute atomic E-state index is 6.48. The molecule has 0 aromatic heterocycles. The summed E-state index contributed by atoms with van der Waals surface area (Å²) in [5.74, 6) is 1.59. The normalized spacial score (nSPS) is 13.5. The number of fused-ring (bicyclic) bond motifs is 4. The zero-order chi connectivity index (χ0) is 37.6. The van der Waals surface area contributed by atoms with Crippen LogP contribution in [0.4, 0.5) is 22.7 Å². The number of ether oxygens (including phenoxy) is 1. The third-order valence-corrected chi connectivity index (χ3v) is 11.6. The van der Waals surface area contributed by atoms with Gasteiger partial charge in [-0.25, -0.2) is 0 Å². The first-order chi connectivity index (χ1) is 27.5. The van der Waals surface area contributed by atoms with Crippen LogP contribution in [0.25, 0.3) is 33.4 Å². The highest BCUT2D eigenvalue weighted by Gasteiger charge is 2.39. The smallest absolute Gasteiger partial charge is 0.129 e. The highest BCUT2D eigenvalue weighted by atomic mass is 16.5. The number of hydrogen-bond donors (Lipinski definition) is 0. The third-order valence-electron chi connectivity index (χ3n) is 11.6. The molecule has 0 spiro atoms. The maximum Gasteiger partial charge on any atom is 0.129 e. The van der Waals surface area contributed by atoms with Gasteiger partial charge in [-0.2, -0.15) is 0 Å². The van der Waals surface area contributed by atoms with Crippen LogP contribution >= 0.6 is 0 Å². The zero-order valence-electron chi connectivity index (χ0n) is 31.7. The molecule has 10 rings (SSSR count). The lowest BCUT2D eigenvalue weighted by Crippen LogP contribution is -2.16. The first-order valence-corrected chi connectivity index (χ1v) is 19.5. The molecular formula is C53H42N2O. The van der Waals surface area contributed by atoms with Crippen LogP contribution in [0.3, 0.4) is 0 Å². The van der Waals surface area contributed by atoms with Crippen LogP contribution in [0.1, 0.15) is 36.1 Å². The van der Waals surface area contributed by atoms with E-state index in [1.54, 1.807) is 0 Å². The lowest BCUT2D eigenvalue weighted by atomic mass is 9.81. The minimum absolute atomic E-state index is 0.158. The Kier molecular flexibility index (Phi) is 8.30. The topological polar surface area (TPSA) is 15.7 Å². The second-order valence-corrected chi connectivity index (χ2v) is 15.4. The van der Waals surface area contributed by atoms with E-state index >= 15 is 0 Å². The fourth-order valence-electron chi connectivity index (χ4n) is 8.91. The number of para-hydroxylation sites is 2. The van der Waals surface area contributed by atoms with Gasteiger partial charge in [0.15, 0.2) is 0 Å². The summed E-state index contributed by atoms with van der Waals surface area (Å²) in [5, 5.41) is 0. The van der Waals surface area contributed by atoms with E-state index in [-0.39, 0.29) is 5.41 Å². The Labute approximate surface area is 329 Å². The Balaban J connectivity index is 1.24. The molecule has 0 radical (unpaired) electrons. The molecule has 0 atom stereocenters. The SMILES string of the molecule is CC1(C)c2ccccc2-c2c1ccc(N(c1cccc(Oc3ccccc3)c1)c1cccc(-c3ccccc3)c1)c2-c1cccc2c1CN(c1ccccc1)C2. The highest BCUT2D eigenvalue weighted by Crippen LogP contribution is 2.57. The first-order valence-electron chi connectivity index (χ1n) is 19.5. The predicted molar refractivity (Wildman–Crippen MR) is 232 cm³/mol. The van der Waals surface area contributed by atoms with Crippen molar-refractivity contribution in [2.75, 3.05) is 9.80 Å². The van der Waals surface area contributed by atoms with Crippen molar-refractivity contribution in [2.24, 2.45) is 0 Å². The number of rotatable bonds is 8. The minimum atomic E-state index is -0.158. The number of anilines is 4. The summed E-state index contributed by atoms with van der Waals surface area (Å²) in [6, 6.07) is 69.7. The van der Waals surface area contributed by atoms with Gasteiger partial charge in [-0.1, -0.05) is 147 Å². The monoisotopic (exact) mass is 722 g/mol. The molecule has 2 aliphatic rings. The Hall–Kier alpha value is -6.84. The molecule has 8 aromatic carbocycles. The van der Waals surface area contributed by atoms with E-state index in [9.17, 15) is 0 Å². The number of nitrogens with zero attached hydrogens (tertiary/aromatic N) is 2. The van der Waals surface area contributed by atoms with Crippen LogP contribution in [-0.2, 0) is 18.5 Å². The van der Waals surface area contributed by atoms with E-state index in [0.29, 0.717) is 0 Å². The van der Waals surface area contributed by atoms with Crippen molar-refractivity contribution >= 4 is 22.7 Å². The van der Waals surface area contributed by atoms with Crippen molar-refractivity contribution in [3.63, 3.8) is 0 Å². The molecule has 0 N–H and O–H groups in total. The fourth-order valence-corrected chi connectivity index (χ4v) is 8.91. The van der Waals surface area contributed by atoms with Gasteiger partial charge in [-0.05, 0) is 105 Å². The summed E-state index contributed by atoms with van der Waals surface area (Å²) in [4.78, 5) is 4.94. The molecule has 0 fully saturated rings. The molecular weight excluding hydrogens is 681 g/mol.